The molecule has 25 heavy (non-hydrogen) atoms. The van der Waals surface area contributed by atoms with E-state index >= 15 is 0 Å². The fourth-order valence-corrected chi connectivity index (χ4v) is 3.54. The molecule has 4 heteroatoms. The van der Waals surface area contributed by atoms with Crippen molar-refractivity contribution in [1.29, 1.82) is 0 Å². The van der Waals surface area contributed by atoms with Crippen LogP contribution >= 0.6 is 11.3 Å². The lowest BCUT2D eigenvalue weighted by Gasteiger charge is -2.22. The number of hydrogen-bond acceptors (Lipinski definition) is 3. The first-order valence-electron chi connectivity index (χ1n) is 8.66. The van der Waals surface area contributed by atoms with Gasteiger partial charge < -0.3 is 9.32 Å². The van der Waals surface area contributed by atoms with Crippen molar-refractivity contribution in [3.8, 4) is 0 Å². The molecule has 0 spiro atoms. The second kappa shape index (κ2) is 9.23. The van der Waals surface area contributed by atoms with Gasteiger partial charge in [-0.3, -0.25) is 4.79 Å². The summed E-state index contributed by atoms with van der Waals surface area (Å²) in [5.74, 6) is 0.216. The van der Waals surface area contributed by atoms with E-state index < -0.39 is 0 Å². The predicted octanol–water partition coefficient (Wildman–Crippen LogP) is 4.94. The molecule has 130 valence electrons. The Hall–Kier alpha value is -2.33. The third-order valence-corrected chi connectivity index (χ3v) is 5.15. The van der Waals surface area contributed by atoms with Gasteiger partial charge in [0.2, 0.25) is 5.91 Å². The Bertz CT molecular complexity index is 736. The number of nitrogens with zero attached hydrogens (tertiary/aromatic N) is 1. The highest BCUT2D eigenvalue weighted by atomic mass is 32.1. The van der Waals surface area contributed by atoms with Crippen molar-refractivity contribution in [2.45, 2.75) is 32.2 Å². The van der Waals surface area contributed by atoms with Crippen LogP contribution in [-0.2, 0) is 24.2 Å². The van der Waals surface area contributed by atoms with E-state index in [1.807, 2.05) is 29.2 Å². The fourth-order valence-electron chi connectivity index (χ4n) is 2.84. The molecular formula is C21H23NO2S. The quantitative estimate of drug-likeness (QED) is 0.546. The molecule has 0 radical (unpaired) electrons. The number of aryl methyl sites for hydroxylation is 1. The maximum Gasteiger partial charge on any atom is 0.222 e. The molecule has 3 nitrogen and oxygen atoms in total. The molecule has 3 aromatic rings. The van der Waals surface area contributed by atoms with Crippen LogP contribution < -0.4 is 0 Å². The van der Waals surface area contributed by atoms with Gasteiger partial charge in [-0.05, 0) is 42.3 Å². The van der Waals surface area contributed by atoms with Crippen molar-refractivity contribution < 1.29 is 9.21 Å². The Kier molecular flexibility index (Phi) is 6.46. The van der Waals surface area contributed by atoms with E-state index in [9.17, 15) is 4.79 Å². The van der Waals surface area contributed by atoms with Gasteiger partial charge in [0, 0.05) is 30.0 Å². The zero-order chi connectivity index (χ0) is 17.3. The second-order valence-corrected chi connectivity index (χ2v) is 7.15. The van der Waals surface area contributed by atoms with Crippen LogP contribution in [0.4, 0.5) is 0 Å². The van der Waals surface area contributed by atoms with Crippen LogP contribution in [0.15, 0.2) is 70.9 Å². The summed E-state index contributed by atoms with van der Waals surface area (Å²) in [5, 5.41) is 2.08. The van der Waals surface area contributed by atoms with E-state index in [0.29, 0.717) is 13.0 Å². The SMILES string of the molecule is O=C(CCCc1ccccc1)N(CCc1cccs1)Cc1ccoc1. The summed E-state index contributed by atoms with van der Waals surface area (Å²) in [4.78, 5) is 16.0. The van der Waals surface area contributed by atoms with E-state index in [1.165, 1.54) is 10.4 Å². The van der Waals surface area contributed by atoms with Crippen molar-refractivity contribution in [2.75, 3.05) is 6.54 Å². The smallest absolute Gasteiger partial charge is 0.222 e. The Morgan fingerprint density at radius 3 is 2.60 bits per heavy atom. The van der Waals surface area contributed by atoms with Crippen molar-refractivity contribution in [2.24, 2.45) is 0 Å². The molecule has 0 atom stereocenters. The molecule has 2 aromatic heterocycles. The predicted molar refractivity (Wildman–Crippen MR) is 102 cm³/mol. The highest BCUT2D eigenvalue weighted by Crippen LogP contribution is 2.14. The molecule has 2 heterocycles. The first-order valence-corrected chi connectivity index (χ1v) is 9.54. The Morgan fingerprint density at radius 1 is 1.00 bits per heavy atom. The van der Waals surface area contributed by atoms with Gasteiger partial charge in [0.15, 0.2) is 0 Å². The summed E-state index contributed by atoms with van der Waals surface area (Å²) in [6.07, 6.45) is 6.68. The summed E-state index contributed by atoms with van der Waals surface area (Å²) in [7, 11) is 0. The number of carbonyl (C=O) groups is 1. The molecule has 0 N–H and O–H groups in total. The molecule has 0 saturated carbocycles. The zero-order valence-corrected chi connectivity index (χ0v) is 15.1. The summed E-state index contributed by atoms with van der Waals surface area (Å²) in [6.45, 7) is 1.36. The molecular weight excluding hydrogens is 330 g/mol. The number of rotatable bonds is 9. The number of thiophene rings is 1. The van der Waals surface area contributed by atoms with Gasteiger partial charge in [-0.2, -0.15) is 0 Å². The molecule has 0 fully saturated rings. The molecule has 3 rings (SSSR count). The fraction of sp³-hybridized carbons (Fsp3) is 0.286. The lowest BCUT2D eigenvalue weighted by Crippen LogP contribution is -2.32. The summed E-state index contributed by atoms with van der Waals surface area (Å²) >= 11 is 1.74. The van der Waals surface area contributed by atoms with Gasteiger partial charge in [-0.25, -0.2) is 0 Å². The minimum Gasteiger partial charge on any atom is -0.472 e. The van der Waals surface area contributed by atoms with Crippen molar-refractivity contribution >= 4 is 17.2 Å². The molecule has 1 amide bonds. The lowest BCUT2D eigenvalue weighted by molar-refractivity contribution is -0.131. The molecule has 0 saturated heterocycles. The highest BCUT2D eigenvalue weighted by molar-refractivity contribution is 7.09. The first-order chi connectivity index (χ1) is 12.3. The van der Waals surface area contributed by atoms with Gasteiger partial charge >= 0.3 is 0 Å². The van der Waals surface area contributed by atoms with Crippen LogP contribution in [0.25, 0.3) is 0 Å². The summed E-state index contributed by atoms with van der Waals surface area (Å²) < 4.78 is 5.15. The van der Waals surface area contributed by atoms with Crippen LogP contribution in [0.2, 0.25) is 0 Å². The topological polar surface area (TPSA) is 33.5 Å². The number of furan rings is 1. The molecule has 0 unspecified atom stereocenters. The molecule has 0 aliphatic heterocycles. The minimum atomic E-state index is 0.216. The van der Waals surface area contributed by atoms with Crippen LogP contribution in [0, 0.1) is 0 Å². The van der Waals surface area contributed by atoms with E-state index in [1.54, 1.807) is 23.9 Å². The monoisotopic (exact) mass is 353 g/mol. The normalized spacial score (nSPS) is 10.7. The van der Waals surface area contributed by atoms with Gasteiger partial charge in [-0.15, -0.1) is 11.3 Å². The number of carbonyl (C=O) groups excluding carboxylic acids is 1. The van der Waals surface area contributed by atoms with Gasteiger partial charge in [-0.1, -0.05) is 36.4 Å². The maximum atomic E-state index is 12.7. The highest BCUT2D eigenvalue weighted by Gasteiger charge is 2.14. The van der Waals surface area contributed by atoms with E-state index in [2.05, 4.69) is 29.6 Å². The van der Waals surface area contributed by atoms with Gasteiger partial charge in [0.1, 0.15) is 0 Å². The Morgan fingerprint density at radius 2 is 1.88 bits per heavy atom. The third-order valence-electron chi connectivity index (χ3n) is 4.21. The van der Waals surface area contributed by atoms with E-state index in [4.69, 9.17) is 4.42 Å². The second-order valence-electron chi connectivity index (χ2n) is 6.12. The Balaban J connectivity index is 1.54. The van der Waals surface area contributed by atoms with Gasteiger partial charge in [0.05, 0.1) is 12.5 Å². The average molecular weight is 353 g/mol. The van der Waals surface area contributed by atoms with Crippen molar-refractivity contribution in [3.63, 3.8) is 0 Å². The maximum absolute atomic E-state index is 12.7. The largest absolute Gasteiger partial charge is 0.472 e. The molecule has 0 bridgehead atoms. The van der Waals surface area contributed by atoms with Gasteiger partial charge in [0.25, 0.3) is 0 Å². The van der Waals surface area contributed by atoms with Crippen LogP contribution in [0.3, 0.4) is 0 Å². The molecule has 1 aromatic carbocycles. The molecule has 0 aliphatic rings. The third kappa shape index (κ3) is 5.61. The van der Waals surface area contributed by atoms with E-state index in [-0.39, 0.29) is 5.91 Å². The average Bonchev–Trinajstić information content (AvgIpc) is 3.33. The Labute approximate surface area is 152 Å². The van der Waals surface area contributed by atoms with Crippen molar-refractivity contribution in [1.82, 2.24) is 4.90 Å². The summed E-state index contributed by atoms with van der Waals surface area (Å²) in [6, 6.07) is 16.5. The van der Waals surface area contributed by atoms with Crippen LogP contribution in [-0.4, -0.2) is 17.4 Å². The standard InChI is InChI=1S/C21H23NO2S/c23-21(10-4-8-18-6-2-1-3-7-18)22(16-19-12-14-24-17-19)13-11-20-9-5-15-25-20/h1-3,5-7,9,12,14-15,17H,4,8,10-11,13,16H2. The molecule has 0 aliphatic carbocycles. The zero-order valence-electron chi connectivity index (χ0n) is 14.3. The van der Waals surface area contributed by atoms with Crippen LogP contribution in [0.5, 0.6) is 0 Å². The first kappa shape index (κ1) is 17.5. The minimum absolute atomic E-state index is 0.216. The van der Waals surface area contributed by atoms with Crippen molar-refractivity contribution in [3.05, 3.63) is 82.4 Å². The van der Waals surface area contributed by atoms with Crippen LogP contribution in [0.1, 0.15) is 28.8 Å². The number of hydrogen-bond donors (Lipinski definition) is 0. The van der Waals surface area contributed by atoms with E-state index in [0.717, 1.165) is 31.4 Å². The summed E-state index contributed by atoms with van der Waals surface area (Å²) in [5.41, 5.74) is 2.33. The lowest BCUT2D eigenvalue weighted by atomic mass is 10.1. The number of amides is 1. The number of benzene rings is 1.